The third-order valence-corrected chi connectivity index (χ3v) is 1.81. The lowest BCUT2D eigenvalue weighted by Gasteiger charge is -1.90. The molecule has 2 nitrogen and oxygen atoms in total. The quantitative estimate of drug-likeness (QED) is 0.614. The largest absolute Gasteiger partial charge is 0.359 e. The van der Waals surface area contributed by atoms with E-state index in [9.17, 15) is 4.79 Å². The van der Waals surface area contributed by atoms with Gasteiger partial charge in [0.05, 0.1) is 5.69 Å². The van der Waals surface area contributed by atoms with Gasteiger partial charge in [-0.25, -0.2) is 0 Å². The first-order chi connectivity index (χ1) is 4.88. The lowest BCUT2D eigenvalue weighted by atomic mass is 10.2. The summed E-state index contributed by atoms with van der Waals surface area (Å²) >= 11 is 0. The maximum atomic E-state index is 11.2. The number of ketones is 1. The molecular weight excluding hydrogens is 126 g/mol. The second-order valence-corrected chi connectivity index (χ2v) is 2.72. The monoisotopic (exact) mass is 135 g/mol. The van der Waals surface area contributed by atoms with Gasteiger partial charge in [-0.15, -0.1) is 0 Å². The van der Waals surface area contributed by atoms with Crippen molar-refractivity contribution >= 4 is 5.78 Å². The smallest absolute Gasteiger partial charge is 0.182 e. The number of aromatic amines is 1. The van der Waals surface area contributed by atoms with Crippen LogP contribution >= 0.6 is 0 Å². The zero-order valence-corrected chi connectivity index (χ0v) is 5.63. The van der Waals surface area contributed by atoms with Crippen LogP contribution in [-0.2, 0) is 0 Å². The Morgan fingerprint density at radius 2 is 2.40 bits per heavy atom. The van der Waals surface area contributed by atoms with Crippen LogP contribution in [-0.4, -0.2) is 10.8 Å². The van der Waals surface area contributed by atoms with Gasteiger partial charge in [-0.2, -0.15) is 0 Å². The summed E-state index contributed by atoms with van der Waals surface area (Å²) < 4.78 is 0. The van der Waals surface area contributed by atoms with Gasteiger partial charge in [-0.3, -0.25) is 4.79 Å². The van der Waals surface area contributed by atoms with Crippen molar-refractivity contribution < 1.29 is 4.79 Å². The number of Topliss-reactive ketones (excluding diaryl/α,β-unsaturated/α-hetero) is 1. The van der Waals surface area contributed by atoms with Gasteiger partial charge in [0.1, 0.15) is 0 Å². The molecule has 1 aliphatic carbocycles. The summed E-state index contributed by atoms with van der Waals surface area (Å²) in [5.74, 6) is 0.614. The second kappa shape index (κ2) is 1.97. The zero-order chi connectivity index (χ0) is 6.97. The molecule has 0 radical (unpaired) electrons. The van der Waals surface area contributed by atoms with Crippen molar-refractivity contribution in [2.75, 3.05) is 0 Å². The second-order valence-electron chi connectivity index (χ2n) is 2.72. The molecule has 1 aromatic heterocycles. The van der Waals surface area contributed by atoms with E-state index in [1.807, 2.05) is 12.1 Å². The van der Waals surface area contributed by atoms with E-state index in [0.29, 0.717) is 5.92 Å². The van der Waals surface area contributed by atoms with Gasteiger partial charge in [0.15, 0.2) is 5.78 Å². The van der Waals surface area contributed by atoms with Gasteiger partial charge < -0.3 is 4.98 Å². The maximum absolute atomic E-state index is 11.2. The molecule has 0 spiro atoms. The van der Waals surface area contributed by atoms with E-state index in [1.165, 1.54) is 0 Å². The van der Waals surface area contributed by atoms with Crippen LogP contribution < -0.4 is 0 Å². The van der Waals surface area contributed by atoms with Crippen molar-refractivity contribution in [2.45, 2.75) is 12.8 Å². The molecule has 0 aliphatic heterocycles. The average Bonchev–Trinajstić information content (AvgIpc) is 2.65. The highest BCUT2D eigenvalue weighted by atomic mass is 16.1. The summed E-state index contributed by atoms with van der Waals surface area (Å²) in [5.41, 5.74) is 0.766. The van der Waals surface area contributed by atoms with Crippen LogP contribution in [0.4, 0.5) is 0 Å². The number of carbonyl (C=O) groups is 1. The van der Waals surface area contributed by atoms with E-state index in [4.69, 9.17) is 0 Å². The molecule has 0 aromatic carbocycles. The fourth-order valence-corrected chi connectivity index (χ4v) is 1.05. The van der Waals surface area contributed by atoms with E-state index in [2.05, 4.69) is 4.98 Å². The van der Waals surface area contributed by atoms with Gasteiger partial charge in [-0.05, 0) is 25.0 Å². The highest BCUT2D eigenvalue weighted by Crippen LogP contribution is 2.31. The first-order valence-electron chi connectivity index (χ1n) is 3.55. The van der Waals surface area contributed by atoms with Crippen LogP contribution in [0.15, 0.2) is 18.3 Å². The highest BCUT2D eigenvalue weighted by Gasteiger charge is 2.30. The molecule has 1 heterocycles. The molecule has 10 heavy (non-hydrogen) atoms. The predicted molar refractivity (Wildman–Crippen MR) is 37.8 cm³/mol. The third-order valence-electron chi connectivity index (χ3n) is 1.81. The van der Waals surface area contributed by atoms with Crippen LogP contribution in [0, 0.1) is 5.92 Å². The Labute approximate surface area is 59.3 Å². The number of carbonyl (C=O) groups excluding carboxylic acids is 1. The summed E-state index contributed by atoms with van der Waals surface area (Å²) in [5, 5.41) is 0. The molecule has 1 aromatic rings. The van der Waals surface area contributed by atoms with Gasteiger partial charge in [0.2, 0.25) is 0 Å². The Balaban J connectivity index is 2.19. The molecule has 0 saturated heterocycles. The van der Waals surface area contributed by atoms with Crippen LogP contribution in [0.3, 0.4) is 0 Å². The molecule has 52 valence electrons. The zero-order valence-electron chi connectivity index (χ0n) is 5.63. The topological polar surface area (TPSA) is 32.9 Å². The lowest BCUT2D eigenvalue weighted by molar-refractivity contribution is 0.0963. The molecular formula is C8H9NO. The molecule has 2 rings (SSSR count). The lowest BCUT2D eigenvalue weighted by Crippen LogP contribution is -2.00. The summed E-state index contributed by atoms with van der Waals surface area (Å²) in [6, 6.07) is 3.69. The molecule has 0 amide bonds. The van der Waals surface area contributed by atoms with Crippen molar-refractivity contribution in [3.05, 3.63) is 24.0 Å². The molecule has 2 heteroatoms. The van der Waals surface area contributed by atoms with E-state index >= 15 is 0 Å². The summed E-state index contributed by atoms with van der Waals surface area (Å²) in [6.07, 6.45) is 3.95. The van der Waals surface area contributed by atoms with Gasteiger partial charge >= 0.3 is 0 Å². The minimum Gasteiger partial charge on any atom is -0.359 e. The number of hydrogen-bond donors (Lipinski definition) is 1. The SMILES string of the molecule is O=C(c1ccc[nH]1)C1CC1. The molecule has 0 unspecified atom stereocenters. The first kappa shape index (κ1) is 5.71. The van der Waals surface area contributed by atoms with E-state index in [1.54, 1.807) is 6.20 Å². The average molecular weight is 135 g/mol. The first-order valence-corrected chi connectivity index (χ1v) is 3.55. The number of nitrogens with one attached hydrogen (secondary N) is 1. The number of H-pyrrole nitrogens is 1. The molecule has 1 N–H and O–H groups in total. The van der Waals surface area contributed by atoms with Crippen molar-refractivity contribution in [1.82, 2.24) is 4.98 Å². The highest BCUT2D eigenvalue weighted by molar-refractivity contribution is 5.97. The number of aromatic nitrogens is 1. The van der Waals surface area contributed by atoms with E-state index < -0.39 is 0 Å². The fourth-order valence-electron chi connectivity index (χ4n) is 1.05. The Morgan fingerprint density at radius 3 is 2.90 bits per heavy atom. The van der Waals surface area contributed by atoms with Crippen molar-refractivity contribution in [1.29, 1.82) is 0 Å². The summed E-state index contributed by atoms with van der Waals surface area (Å²) in [6.45, 7) is 0. The van der Waals surface area contributed by atoms with Crippen molar-refractivity contribution in [2.24, 2.45) is 5.92 Å². The van der Waals surface area contributed by atoms with Gasteiger partial charge in [-0.1, -0.05) is 0 Å². The standard InChI is InChI=1S/C8H9NO/c10-8(6-3-4-6)7-2-1-5-9-7/h1-2,5-6,9H,3-4H2. The van der Waals surface area contributed by atoms with Crippen LogP contribution in [0.1, 0.15) is 23.3 Å². The molecule has 1 saturated carbocycles. The maximum Gasteiger partial charge on any atom is 0.182 e. The van der Waals surface area contributed by atoms with Crippen LogP contribution in [0.25, 0.3) is 0 Å². The Hall–Kier alpha value is -1.05. The molecule has 0 atom stereocenters. The molecule has 1 aliphatic rings. The fraction of sp³-hybridized carbons (Fsp3) is 0.375. The molecule has 1 fully saturated rings. The minimum absolute atomic E-state index is 0.282. The number of rotatable bonds is 2. The normalized spacial score (nSPS) is 17.2. The van der Waals surface area contributed by atoms with Crippen LogP contribution in [0.5, 0.6) is 0 Å². The number of hydrogen-bond acceptors (Lipinski definition) is 1. The predicted octanol–water partition coefficient (Wildman–Crippen LogP) is 1.61. The van der Waals surface area contributed by atoms with Crippen molar-refractivity contribution in [3.8, 4) is 0 Å². The van der Waals surface area contributed by atoms with Crippen molar-refractivity contribution in [3.63, 3.8) is 0 Å². The summed E-state index contributed by atoms with van der Waals surface area (Å²) in [7, 11) is 0. The Bertz CT molecular complexity index is 234. The van der Waals surface area contributed by atoms with Gasteiger partial charge in [0, 0.05) is 12.1 Å². The van der Waals surface area contributed by atoms with E-state index in [-0.39, 0.29) is 5.78 Å². The third kappa shape index (κ3) is 0.856. The Kier molecular flexibility index (Phi) is 1.13. The van der Waals surface area contributed by atoms with E-state index in [0.717, 1.165) is 18.5 Å². The van der Waals surface area contributed by atoms with Crippen LogP contribution in [0.2, 0.25) is 0 Å². The van der Waals surface area contributed by atoms with Gasteiger partial charge in [0.25, 0.3) is 0 Å². The minimum atomic E-state index is 0.282. The summed E-state index contributed by atoms with van der Waals surface area (Å²) in [4.78, 5) is 14.1. The molecule has 0 bridgehead atoms. The Morgan fingerprint density at radius 1 is 1.60 bits per heavy atom.